The topological polar surface area (TPSA) is 493 Å². The van der Waals surface area contributed by atoms with Crippen LogP contribution < -0.4 is 81.7 Å². The van der Waals surface area contributed by atoms with Crippen molar-refractivity contribution in [1.29, 1.82) is 0 Å². The zero-order valence-electron chi connectivity index (χ0n) is 34.4. The molecule has 5 unspecified atom stereocenters. The second-order valence-corrected chi connectivity index (χ2v) is 10.6. The molecule has 0 radical (unpaired) electrons. The minimum Gasteiger partial charge on any atom is -0.548 e. The Hall–Kier alpha value is -3.82. The van der Waals surface area contributed by atoms with E-state index in [-0.39, 0.29) is 88.5 Å². The van der Waals surface area contributed by atoms with Gasteiger partial charge in [0.1, 0.15) is 0 Å². The first-order valence-electron chi connectivity index (χ1n) is 17.0. The standard InChI is InChI=1S/5C6H11NO5.Na.Zr/c5*1-2-4(6(9)10)7-3-5(8)12-11;;/h5*4,7,11H,2-3H2,1H3,(H,9,10);;/q;;;;;+1;+4/p-5. The number of nitrogens with one attached hydrogen (secondary N) is 5. The van der Waals surface area contributed by atoms with Gasteiger partial charge in [0.2, 0.25) is 0 Å². The SMILES string of the molecule is CCC(NCC(=O)OO)C(=O)[O-].CCC(NCC(=O)OO)C(=O)[O-].CCC(NCC(=O)OO)C(=O)[O-].CCC(NCC(=O)OO)C(=O)[O-].CCC(NCC(=O)OO)C(=O)[O-].[Na+].[Zr+4]. The molecule has 0 aromatic rings. The monoisotopic (exact) mass is 993 g/mol. The summed E-state index contributed by atoms with van der Waals surface area (Å²) >= 11 is 0. The van der Waals surface area contributed by atoms with Gasteiger partial charge in [-0.15, -0.1) is 0 Å². The maximum absolute atomic E-state index is 10.3. The van der Waals surface area contributed by atoms with Gasteiger partial charge in [0, 0.05) is 30.2 Å². The average Bonchev–Trinajstić information content (AvgIpc) is 3.21. The molecular formula is C30H50N5NaO25Zr. The minimum absolute atomic E-state index is 0. The molecule has 62 heavy (non-hydrogen) atoms. The van der Waals surface area contributed by atoms with Crippen LogP contribution >= 0.6 is 0 Å². The summed E-state index contributed by atoms with van der Waals surface area (Å²) in [6, 6.07) is -4.49. The third-order valence-electron chi connectivity index (χ3n) is 6.44. The molecule has 350 valence electrons. The van der Waals surface area contributed by atoms with Gasteiger partial charge < -0.3 is 49.5 Å². The van der Waals surface area contributed by atoms with Gasteiger partial charge in [-0.1, -0.05) is 34.6 Å². The van der Waals surface area contributed by atoms with Crippen LogP contribution in [0.4, 0.5) is 0 Å². The number of carbonyl (C=O) groups is 10. The van der Waals surface area contributed by atoms with Crippen molar-refractivity contribution in [3.63, 3.8) is 0 Å². The van der Waals surface area contributed by atoms with Crippen molar-refractivity contribution in [3.8, 4) is 0 Å². The summed E-state index contributed by atoms with van der Waals surface area (Å²) in [5, 5.41) is 102. The Morgan fingerprint density at radius 1 is 0.355 bits per heavy atom. The molecule has 0 rings (SSSR count). The maximum atomic E-state index is 10.3. The van der Waals surface area contributed by atoms with Crippen molar-refractivity contribution in [2.75, 3.05) is 32.7 Å². The van der Waals surface area contributed by atoms with Crippen molar-refractivity contribution < 1.29 is 180 Å². The summed E-state index contributed by atoms with van der Waals surface area (Å²) in [6.07, 6.45) is 1.46. The molecule has 0 amide bonds. The molecule has 0 fully saturated rings. The number of hydrogen-bond acceptors (Lipinski definition) is 30. The van der Waals surface area contributed by atoms with E-state index in [1.54, 1.807) is 34.6 Å². The van der Waals surface area contributed by atoms with Crippen LogP contribution in [-0.2, 0) is 98.6 Å². The first kappa shape index (κ1) is 72.6. The quantitative estimate of drug-likeness (QED) is 0.0176. The number of carbonyl (C=O) groups excluding carboxylic acids is 10. The number of rotatable bonds is 25. The molecule has 0 heterocycles. The van der Waals surface area contributed by atoms with Gasteiger partial charge in [-0.3, -0.25) is 51.0 Å². The van der Waals surface area contributed by atoms with Gasteiger partial charge in [0.05, 0.1) is 62.6 Å². The van der Waals surface area contributed by atoms with E-state index in [9.17, 15) is 73.5 Å². The van der Waals surface area contributed by atoms with Gasteiger partial charge in [0.25, 0.3) is 0 Å². The molecule has 0 aromatic heterocycles. The Kier molecular flexibility index (Phi) is 56.5. The normalized spacial score (nSPS) is 11.8. The molecule has 0 aromatic carbocycles. The van der Waals surface area contributed by atoms with Gasteiger partial charge in [-0.05, 0) is 32.1 Å². The van der Waals surface area contributed by atoms with E-state index in [1.807, 2.05) is 0 Å². The molecular weight excluding hydrogens is 945 g/mol. The summed E-state index contributed by atoms with van der Waals surface area (Å²) in [6.45, 7) is 6.32. The molecule has 0 saturated heterocycles. The van der Waals surface area contributed by atoms with Crippen LogP contribution in [0.15, 0.2) is 0 Å². The second-order valence-electron chi connectivity index (χ2n) is 10.6. The van der Waals surface area contributed by atoms with Crippen molar-refractivity contribution in [2.45, 2.75) is 96.9 Å². The van der Waals surface area contributed by atoms with E-state index in [0.29, 0.717) is 32.1 Å². The van der Waals surface area contributed by atoms with Crippen LogP contribution in [0.3, 0.4) is 0 Å². The number of aliphatic carboxylic acids is 5. The van der Waals surface area contributed by atoms with E-state index in [1.165, 1.54) is 0 Å². The smallest absolute Gasteiger partial charge is 0.548 e. The Labute approximate surface area is 394 Å². The average molecular weight is 995 g/mol. The molecule has 0 aliphatic carbocycles. The van der Waals surface area contributed by atoms with Crippen LogP contribution in [0.1, 0.15) is 66.7 Å². The van der Waals surface area contributed by atoms with Crippen molar-refractivity contribution in [2.24, 2.45) is 0 Å². The summed E-state index contributed by atoms with van der Waals surface area (Å²) < 4.78 is 0. The molecule has 32 heteroatoms. The number of carboxylic acids is 5. The van der Waals surface area contributed by atoms with Crippen LogP contribution in [-0.4, -0.2) is 149 Å². The third-order valence-corrected chi connectivity index (χ3v) is 6.44. The molecule has 0 spiro atoms. The second kappa shape index (κ2) is 48.2. The van der Waals surface area contributed by atoms with Gasteiger partial charge >= 0.3 is 85.6 Å². The van der Waals surface area contributed by atoms with Crippen molar-refractivity contribution in [1.82, 2.24) is 26.6 Å². The number of hydrogen-bond donors (Lipinski definition) is 10. The zero-order valence-corrected chi connectivity index (χ0v) is 38.8. The summed E-state index contributed by atoms with van der Waals surface area (Å²) in [5.74, 6) is -11.1. The molecule has 10 N–H and O–H groups in total. The first-order chi connectivity index (χ1) is 28.1. The van der Waals surface area contributed by atoms with E-state index in [4.69, 9.17) is 26.3 Å². The Morgan fingerprint density at radius 3 is 0.532 bits per heavy atom. The van der Waals surface area contributed by atoms with Gasteiger partial charge in [-0.2, -0.15) is 26.3 Å². The predicted octanol–water partition coefficient (Wildman–Crippen LogP) is -12.4. The van der Waals surface area contributed by atoms with Crippen molar-refractivity contribution >= 4 is 59.7 Å². The molecule has 0 aliphatic rings. The van der Waals surface area contributed by atoms with E-state index in [0.717, 1.165) is 0 Å². The number of carboxylic acid groups (broad SMARTS) is 5. The molecule has 30 nitrogen and oxygen atoms in total. The van der Waals surface area contributed by atoms with Crippen molar-refractivity contribution in [3.05, 3.63) is 0 Å². The minimum atomic E-state index is -1.29. The summed E-state index contributed by atoms with van der Waals surface area (Å²) in [7, 11) is 0. The van der Waals surface area contributed by atoms with E-state index in [2.05, 4.69) is 51.0 Å². The summed E-state index contributed by atoms with van der Waals surface area (Å²) in [4.78, 5) is 119. The predicted molar refractivity (Wildman–Crippen MR) is 179 cm³/mol. The van der Waals surface area contributed by atoms with Crippen LogP contribution in [0.25, 0.3) is 0 Å². The fourth-order valence-corrected chi connectivity index (χ4v) is 3.17. The maximum Gasteiger partial charge on any atom is 4.00 e. The third kappa shape index (κ3) is 45.7. The molecule has 5 atom stereocenters. The first-order valence-corrected chi connectivity index (χ1v) is 17.0. The Morgan fingerprint density at radius 2 is 0.468 bits per heavy atom. The van der Waals surface area contributed by atoms with Crippen LogP contribution in [0.5, 0.6) is 0 Å². The van der Waals surface area contributed by atoms with Crippen LogP contribution in [0.2, 0.25) is 0 Å². The Balaban J connectivity index is -0.000000121. The molecule has 0 saturated carbocycles. The largest absolute Gasteiger partial charge is 4.00 e. The van der Waals surface area contributed by atoms with E-state index >= 15 is 0 Å². The fraction of sp³-hybridized carbons (Fsp3) is 0.667. The molecule has 0 aliphatic heterocycles. The molecule has 0 bridgehead atoms. The Bertz CT molecular complexity index is 1080. The van der Waals surface area contributed by atoms with Crippen LogP contribution in [0, 0.1) is 0 Å². The fourth-order valence-electron chi connectivity index (χ4n) is 3.17. The van der Waals surface area contributed by atoms with Gasteiger partial charge in [0.15, 0.2) is 0 Å². The van der Waals surface area contributed by atoms with E-state index < -0.39 is 89.9 Å². The summed E-state index contributed by atoms with van der Waals surface area (Å²) in [5.41, 5.74) is 0. The van der Waals surface area contributed by atoms with Gasteiger partial charge in [-0.25, -0.2) is 24.0 Å². The zero-order chi connectivity index (χ0) is 47.8.